The SMILES string of the molecule is O=C1CCC(N2Cc3cc(C4CCN(Cc5cccc(C(=O)N6C7CCC6COC7)c5)CC4)ccc3C2=O)C(=O)N1. The maximum atomic E-state index is 13.3. The first-order valence-electron chi connectivity index (χ1n) is 14.9. The van der Waals surface area contributed by atoms with E-state index < -0.39 is 6.04 Å². The summed E-state index contributed by atoms with van der Waals surface area (Å²) in [6.07, 6.45) is 4.75. The van der Waals surface area contributed by atoms with Crippen LogP contribution in [-0.4, -0.2) is 82.8 Å². The summed E-state index contributed by atoms with van der Waals surface area (Å²) >= 11 is 0. The number of nitrogens with zero attached hydrogens (tertiary/aromatic N) is 3. The van der Waals surface area contributed by atoms with Gasteiger partial charge in [0.15, 0.2) is 0 Å². The van der Waals surface area contributed by atoms with E-state index in [1.807, 2.05) is 18.2 Å². The van der Waals surface area contributed by atoms with Crippen molar-refractivity contribution in [3.05, 3.63) is 70.3 Å². The third kappa shape index (κ3) is 4.95. The number of rotatable bonds is 5. The smallest absolute Gasteiger partial charge is 0.255 e. The molecule has 2 bridgehead atoms. The molecule has 2 aromatic carbocycles. The fraction of sp³-hybridized carbons (Fsp3) is 0.500. The molecule has 9 heteroatoms. The van der Waals surface area contributed by atoms with Gasteiger partial charge < -0.3 is 14.5 Å². The van der Waals surface area contributed by atoms with E-state index in [-0.39, 0.29) is 42.1 Å². The lowest BCUT2D eigenvalue weighted by molar-refractivity contribution is -0.136. The lowest BCUT2D eigenvalue weighted by atomic mass is 9.87. The fourth-order valence-corrected chi connectivity index (χ4v) is 7.44. The molecule has 41 heavy (non-hydrogen) atoms. The van der Waals surface area contributed by atoms with Crippen molar-refractivity contribution in [2.75, 3.05) is 26.3 Å². The minimum atomic E-state index is -0.586. The monoisotopic (exact) mass is 556 g/mol. The van der Waals surface area contributed by atoms with Crippen LogP contribution in [0.4, 0.5) is 0 Å². The number of carbonyl (C=O) groups is 4. The Morgan fingerprint density at radius 3 is 2.46 bits per heavy atom. The van der Waals surface area contributed by atoms with Crippen LogP contribution in [0, 0.1) is 0 Å². The van der Waals surface area contributed by atoms with Gasteiger partial charge in [-0.1, -0.05) is 24.3 Å². The summed E-state index contributed by atoms with van der Waals surface area (Å²) in [5.74, 6) is -0.227. The van der Waals surface area contributed by atoms with Crippen molar-refractivity contribution in [2.45, 2.75) is 75.7 Å². The number of fused-ring (bicyclic) bond motifs is 3. The molecule has 9 nitrogen and oxygen atoms in total. The Morgan fingerprint density at radius 1 is 0.927 bits per heavy atom. The molecular formula is C32H36N4O5. The van der Waals surface area contributed by atoms with Crippen LogP contribution in [-0.2, 0) is 27.4 Å². The third-order valence-corrected chi connectivity index (χ3v) is 9.66. The highest BCUT2D eigenvalue weighted by Gasteiger charge is 2.41. The van der Waals surface area contributed by atoms with Crippen molar-refractivity contribution >= 4 is 23.6 Å². The first-order chi connectivity index (χ1) is 19.9. The number of nitrogens with one attached hydrogen (secondary N) is 1. The number of carbonyl (C=O) groups excluding carboxylic acids is 4. The molecule has 4 amide bonds. The maximum absolute atomic E-state index is 13.3. The number of piperidine rings is 2. The van der Waals surface area contributed by atoms with E-state index in [0.29, 0.717) is 37.7 Å². The molecule has 7 rings (SSSR count). The molecular weight excluding hydrogens is 520 g/mol. The highest BCUT2D eigenvalue weighted by molar-refractivity contribution is 6.05. The predicted molar refractivity (Wildman–Crippen MR) is 150 cm³/mol. The van der Waals surface area contributed by atoms with Crippen LogP contribution in [0.5, 0.6) is 0 Å². The molecule has 4 saturated heterocycles. The molecule has 0 spiro atoms. The number of benzene rings is 2. The van der Waals surface area contributed by atoms with Gasteiger partial charge >= 0.3 is 0 Å². The van der Waals surface area contributed by atoms with Gasteiger partial charge in [-0.25, -0.2) is 0 Å². The van der Waals surface area contributed by atoms with Crippen LogP contribution >= 0.6 is 0 Å². The van der Waals surface area contributed by atoms with Gasteiger partial charge in [0.05, 0.1) is 25.3 Å². The summed E-state index contributed by atoms with van der Waals surface area (Å²) in [5.41, 5.74) is 4.81. The molecule has 0 aromatic heterocycles. The Balaban J connectivity index is 0.963. The summed E-state index contributed by atoms with van der Waals surface area (Å²) < 4.78 is 5.66. The third-order valence-electron chi connectivity index (χ3n) is 9.66. The Kier molecular flexibility index (Phi) is 6.87. The van der Waals surface area contributed by atoms with E-state index in [1.54, 1.807) is 4.90 Å². The lowest BCUT2D eigenvalue weighted by Crippen LogP contribution is -2.52. The Bertz CT molecular complexity index is 1380. The van der Waals surface area contributed by atoms with Gasteiger partial charge in [-0.3, -0.25) is 29.4 Å². The molecule has 5 aliphatic rings. The van der Waals surface area contributed by atoms with Gasteiger partial charge in [-0.2, -0.15) is 0 Å². The normalized spacial score (nSPS) is 26.8. The van der Waals surface area contributed by atoms with Crippen molar-refractivity contribution in [1.82, 2.24) is 20.0 Å². The van der Waals surface area contributed by atoms with Crippen LogP contribution in [0.3, 0.4) is 0 Å². The van der Waals surface area contributed by atoms with E-state index >= 15 is 0 Å². The number of morpholine rings is 1. The molecule has 4 fully saturated rings. The summed E-state index contributed by atoms with van der Waals surface area (Å²) in [5, 5.41) is 2.37. The zero-order valence-electron chi connectivity index (χ0n) is 23.2. The Labute approximate surface area is 239 Å². The molecule has 3 atom stereocenters. The summed E-state index contributed by atoms with van der Waals surface area (Å²) in [4.78, 5) is 56.4. The second-order valence-corrected chi connectivity index (χ2v) is 12.2. The second kappa shape index (κ2) is 10.7. The van der Waals surface area contributed by atoms with E-state index in [1.165, 1.54) is 11.1 Å². The van der Waals surface area contributed by atoms with Gasteiger partial charge in [0.1, 0.15) is 6.04 Å². The molecule has 0 aliphatic carbocycles. The van der Waals surface area contributed by atoms with Gasteiger partial charge in [0.25, 0.3) is 11.8 Å². The van der Waals surface area contributed by atoms with E-state index in [4.69, 9.17) is 4.74 Å². The minimum Gasteiger partial charge on any atom is -0.377 e. The quantitative estimate of drug-likeness (QED) is 0.569. The van der Waals surface area contributed by atoms with Crippen LogP contribution in [0.2, 0.25) is 0 Å². The number of imide groups is 1. The summed E-state index contributed by atoms with van der Waals surface area (Å²) in [6, 6.07) is 14.1. The zero-order chi connectivity index (χ0) is 28.1. The highest BCUT2D eigenvalue weighted by Crippen LogP contribution is 2.34. The molecule has 2 aromatic rings. The van der Waals surface area contributed by atoms with Gasteiger partial charge in [-0.15, -0.1) is 0 Å². The van der Waals surface area contributed by atoms with Crippen molar-refractivity contribution in [2.24, 2.45) is 0 Å². The number of amides is 4. The highest BCUT2D eigenvalue weighted by atomic mass is 16.5. The van der Waals surface area contributed by atoms with E-state index in [0.717, 1.165) is 56.4 Å². The predicted octanol–water partition coefficient (Wildman–Crippen LogP) is 2.83. The molecule has 1 N–H and O–H groups in total. The molecule has 214 valence electrons. The van der Waals surface area contributed by atoms with Crippen molar-refractivity contribution in [3.8, 4) is 0 Å². The summed E-state index contributed by atoms with van der Waals surface area (Å²) in [6.45, 7) is 4.46. The van der Waals surface area contributed by atoms with Crippen LogP contribution in [0.15, 0.2) is 42.5 Å². The van der Waals surface area contributed by atoms with Crippen molar-refractivity contribution < 1.29 is 23.9 Å². The first kappa shape index (κ1) is 26.3. The fourth-order valence-electron chi connectivity index (χ4n) is 7.44. The minimum absolute atomic E-state index is 0.127. The second-order valence-electron chi connectivity index (χ2n) is 12.2. The van der Waals surface area contributed by atoms with Crippen molar-refractivity contribution in [1.29, 1.82) is 0 Å². The molecule has 5 heterocycles. The molecule has 0 saturated carbocycles. The van der Waals surface area contributed by atoms with Gasteiger partial charge in [-0.05, 0) is 86.0 Å². The molecule has 0 radical (unpaired) electrons. The first-order valence-corrected chi connectivity index (χ1v) is 14.9. The van der Waals surface area contributed by atoms with E-state index in [9.17, 15) is 19.2 Å². The Morgan fingerprint density at radius 2 is 1.71 bits per heavy atom. The number of hydrogen-bond donors (Lipinski definition) is 1. The number of hydrogen-bond acceptors (Lipinski definition) is 6. The number of likely N-dealkylation sites (tertiary alicyclic amines) is 1. The van der Waals surface area contributed by atoms with Crippen LogP contribution in [0.25, 0.3) is 0 Å². The van der Waals surface area contributed by atoms with Crippen molar-refractivity contribution in [3.63, 3.8) is 0 Å². The average Bonchev–Trinajstić information content (AvgIpc) is 3.44. The largest absolute Gasteiger partial charge is 0.377 e. The maximum Gasteiger partial charge on any atom is 0.255 e. The molecule has 5 aliphatic heterocycles. The lowest BCUT2D eigenvalue weighted by Gasteiger charge is -2.35. The van der Waals surface area contributed by atoms with E-state index in [2.05, 4.69) is 39.4 Å². The topological polar surface area (TPSA) is 99.3 Å². The zero-order valence-corrected chi connectivity index (χ0v) is 23.2. The van der Waals surface area contributed by atoms with Crippen LogP contribution < -0.4 is 5.32 Å². The number of ether oxygens (including phenoxy) is 1. The molecule has 3 unspecified atom stereocenters. The van der Waals surface area contributed by atoms with Gasteiger partial charge in [0.2, 0.25) is 11.8 Å². The summed E-state index contributed by atoms with van der Waals surface area (Å²) in [7, 11) is 0. The van der Waals surface area contributed by atoms with Crippen LogP contribution in [0.1, 0.15) is 81.8 Å². The Hall–Kier alpha value is -3.56. The average molecular weight is 557 g/mol. The standard InChI is InChI=1S/C32H36N4O5/c37-29-9-8-28(30(38)33-29)35-17-24-15-22(4-7-27(24)32(35)40)21-10-12-34(13-11-21)16-20-2-1-3-23(14-20)31(39)36-25-5-6-26(36)19-41-18-25/h1-4,7,14-15,21,25-26,28H,5-6,8-13,16-19H2,(H,33,37,38). The van der Waals surface area contributed by atoms with Gasteiger partial charge in [0, 0.05) is 30.6 Å².